The molecule has 3 aliphatic rings. The molecule has 0 aliphatic carbocycles. The first kappa shape index (κ1) is 19.5. The summed E-state index contributed by atoms with van der Waals surface area (Å²) in [4.78, 5) is 42.9. The van der Waals surface area contributed by atoms with Gasteiger partial charge in [-0.05, 0) is 40.0 Å². The summed E-state index contributed by atoms with van der Waals surface area (Å²) >= 11 is 0. The number of piperazine rings is 1. The molecule has 0 aromatic heterocycles. The highest BCUT2D eigenvalue weighted by Crippen LogP contribution is 2.33. The number of rotatable bonds is 3. The van der Waals surface area contributed by atoms with Gasteiger partial charge in [-0.15, -0.1) is 0 Å². The summed E-state index contributed by atoms with van der Waals surface area (Å²) in [5.74, 6) is -0.482. The van der Waals surface area contributed by atoms with E-state index < -0.39 is 6.04 Å². The smallest absolute Gasteiger partial charge is 0.318 e. The zero-order valence-electron chi connectivity index (χ0n) is 16.6. The molecule has 3 saturated heterocycles. The van der Waals surface area contributed by atoms with Crippen molar-refractivity contribution in [3.05, 3.63) is 0 Å². The van der Waals surface area contributed by atoms with E-state index in [1.807, 2.05) is 27.7 Å². The molecule has 148 valence electrons. The Hall–Kier alpha value is -2.30. The average Bonchev–Trinajstić information content (AvgIpc) is 3.28. The number of fused-ring (bicyclic) bond motifs is 2. The van der Waals surface area contributed by atoms with Crippen LogP contribution in [-0.2, 0) is 9.59 Å². The zero-order valence-corrected chi connectivity index (χ0v) is 16.6. The van der Waals surface area contributed by atoms with Crippen LogP contribution >= 0.6 is 0 Å². The van der Waals surface area contributed by atoms with Crippen molar-refractivity contribution in [2.75, 3.05) is 19.6 Å². The summed E-state index contributed by atoms with van der Waals surface area (Å²) in [6.07, 6.45) is 2.20. The fraction of sp³-hybridized carbons (Fsp3) is 0.789. The van der Waals surface area contributed by atoms with Crippen LogP contribution in [0, 0.1) is 17.2 Å². The number of carbonyl (C=O) groups excluding carboxylic acids is 3. The van der Waals surface area contributed by atoms with Crippen molar-refractivity contribution in [2.45, 2.75) is 70.6 Å². The standard InChI is InChI=1S/C19H29N5O3/c1-12(16(25)22-7-5-6-13(22)9-20)10-23-14-8-15(17(23)26)24(11-14)18(27)21-19(2,3)4/h12-15H,5-8,10-11H2,1-4H3,(H,21,27)/t12-,13-,14-,15-/m0/s1. The van der Waals surface area contributed by atoms with Crippen LogP contribution in [0.3, 0.4) is 0 Å². The molecule has 0 aromatic rings. The van der Waals surface area contributed by atoms with Gasteiger partial charge in [0.25, 0.3) is 0 Å². The van der Waals surface area contributed by atoms with Crippen molar-refractivity contribution in [1.29, 1.82) is 5.26 Å². The first-order valence-corrected chi connectivity index (χ1v) is 9.71. The lowest BCUT2D eigenvalue weighted by Gasteiger charge is -2.36. The third-order valence-corrected chi connectivity index (χ3v) is 5.61. The molecule has 8 heteroatoms. The Morgan fingerprint density at radius 2 is 2.04 bits per heavy atom. The Bertz CT molecular complexity index is 680. The van der Waals surface area contributed by atoms with Gasteiger partial charge < -0.3 is 20.0 Å². The van der Waals surface area contributed by atoms with Crippen LogP contribution in [0.4, 0.5) is 4.79 Å². The van der Waals surface area contributed by atoms with Gasteiger partial charge in [0.15, 0.2) is 0 Å². The van der Waals surface area contributed by atoms with Gasteiger partial charge >= 0.3 is 6.03 Å². The van der Waals surface area contributed by atoms with Gasteiger partial charge in [0.1, 0.15) is 12.1 Å². The molecule has 4 amide bonds. The first-order valence-electron chi connectivity index (χ1n) is 9.71. The molecule has 1 N–H and O–H groups in total. The average molecular weight is 375 g/mol. The Kier molecular flexibility index (Phi) is 5.06. The van der Waals surface area contributed by atoms with Gasteiger partial charge in [-0.2, -0.15) is 5.26 Å². The van der Waals surface area contributed by atoms with Gasteiger partial charge in [-0.25, -0.2) is 4.79 Å². The lowest BCUT2D eigenvalue weighted by Crippen LogP contribution is -2.58. The van der Waals surface area contributed by atoms with Gasteiger partial charge in [0.2, 0.25) is 11.8 Å². The van der Waals surface area contributed by atoms with Crippen LogP contribution < -0.4 is 5.32 Å². The van der Waals surface area contributed by atoms with Crippen LogP contribution in [0.1, 0.15) is 47.0 Å². The molecule has 3 aliphatic heterocycles. The summed E-state index contributed by atoms with van der Waals surface area (Å²) in [6, 6.07) is 1.17. The van der Waals surface area contributed by atoms with Crippen LogP contribution in [0.25, 0.3) is 0 Å². The van der Waals surface area contributed by atoms with E-state index in [2.05, 4.69) is 11.4 Å². The number of carbonyl (C=O) groups is 3. The Balaban J connectivity index is 1.59. The zero-order chi connectivity index (χ0) is 19.9. The largest absolute Gasteiger partial charge is 0.335 e. The fourth-order valence-corrected chi connectivity index (χ4v) is 4.32. The molecule has 3 fully saturated rings. The van der Waals surface area contributed by atoms with E-state index in [4.69, 9.17) is 0 Å². The first-order chi connectivity index (χ1) is 12.6. The summed E-state index contributed by atoms with van der Waals surface area (Å²) in [6.45, 7) is 9.01. The van der Waals surface area contributed by atoms with Gasteiger partial charge in [-0.3, -0.25) is 9.59 Å². The van der Waals surface area contributed by atoms with Crippen molar-refractivity contribution < 1.29 is 14.4 Å². The molecule has 0 radical (unpaired) electrons. The van der Waals surface area contributed by atoms with E-state index in [9.17, 15) is 19.6 Å². The second kappa shape index (κ2) is 7.02. The quantitative estimate of drug-likeness (QED) is 0.794. The van der Waals surface area contributed by atoms with Crippen molar-refractivity contribution >= 4 is 17.8 Å². The summed E-state index contributed by atoms with van der Waals surface area (Å²) in [5, 5.41) is 12.1. The molecule has 4 atom stereocenters. The highest BCUT2D eigenvalue weighted by Gasteiger charge is 2.52. The van der Waals surface area contributed by atoms with E-state index in [1.165, 1.54) is 0 Å². The lowest BCUT2D eigenvalue weighted by atomic mass is 10.1. The number of nitriles is 1. The predicted octanol–water partition coefficient (Wildman–Crippen LogP) is 0.930. The monoisotopic (exact) mass is 375 g/mol. The predicted molar refractivity (Wildman–Crippen MR) is 98.4 cm³/mol. The molecule has 3 rings (SSSR count). The highest BCUT2D eigenvalue weighted by atomic mass is 16.2. The highest BCUT2D eigenvalue weighted by molar-refractivity contribution is 5.91. The molecule has 0 saturated carbocycles. The minimum atomic E-state index is -0.432. The molecule has 8 nitrogen and oxygen atoms in total. The van der Waals surface area contributed by atoms with E-state index >= 15 is 0 Å². The number of hydrogen-bond donors (Lipinski definition) is 1. The maximum Gasteiger partial charge on any atom is 0.318 e. The molecule has 3 heterocycles. The van der Waals surface area contributed by atoms with Gasteiger partial charge in [0, 0.05) is 25.2 Å². The number of urea groups is 1. The maximum atomic E-state index is 12.8. The third-order valence-electron chi connectivity index (χ3n) is 5.61. The number of hydrogen-bond acceptors (Lipinski definition) is 4. The second-order valence-corrected chi connectivity index (χ2v) is 8.95. The third kappa shape index (κ3) is 3.73. The molecule has 2 bridgehead atoms. The second-order valence-electron chi connectivity index (χ2n) is 8.95. The molecular formula is C19H29N5O3. The van der Waals surface area contributed by atoms with E-state index in [1.54, 1.807) is 14.7 Å². The molecule has 0 aromatic carbocycles. The topological polar surface area (TPSA) is 96.8 Å². The molecule has 27 heavy (non-hydrogen) atoms. The van der Waals surface area contributed by atoms with Crippen LogP contribution in [0.15, 0.2) is 0 Å². The lowest BCUT2D eigenvalue weighted by molar-refractivity contribution is -0.140. The van der Waals surface area contributed by atoms with Gasteiger partial charge in [0.05, 0.1) is 18.0 Å². The maximum absolute atomic E-state index is 12.8. The number of likely N-dealkylation sites (tertiary alicyclic amines) is 3. The minimum absolute atomic E-state index is 0.0335. The van der Waals surface area contributed by atoms with Crippen molar-refractivity contribution in [1.82, 2.24) is 20.0 Å². The minimum Gasteiger partial charge on any atom is -0.335 e. The fourth-order valence-electron chi connectivity index (χ4n) is 4.32. The molecule has 0 spiro atoms. The SMILES string of the molecule is C[C@@H](CN1C(=O)[C@@H]2C[C@H]1CN2C(=O)NC(C)(C)C)C(=O)N1CCC[C@H]1C#N. The summed E-state index contributed by atoms with van der Waals surface area (Å²) < 4.78 is 0. The van der Waals surface area contributed by atoms with E-state index in [0.29, 0.717) is 26.1 Å². The molecule has 0 unspecified atom stereocenters. The Morgan fingerprint density at radius 1 is 1.33 bits per heavy atom. The van der Waals surface area contributed by atoms with Crippen LogP contribution in [0.5, 0.6) is 0 Å². The normalized spacial score (nSPS) is 28.5. The van der Waals surface area contributed by atoms with Crippen molar-refractivity contribution in [3.8, 4) is 6.07 Å². The van der Waals surface area contributed by atoms with Crippen molar-refractivity contribution in [2.24, 2.45) is 5.92 Å². The number of amides is 4. The summed E-state index contributed by atoms with van der Waals surface area (Å²) in [5.41, 5.74) is -0.352. The van der Waals surface area contributed by atoms with E-state index in [0.717, 1.165) is 12.8 Å². The summed E-state index contributed by atoms with van der Waals surface area (Å²) in [7, 11) is 0. The number of nitrogens with zero attached hydrogens (tertiary/aromatic N) is 4. The Morgan fingerprint density at radius 3 is 2.63 bits per heavy atom. The van der Waals surface area contributed by atoms with Crippen LogP contribution in [-0.4, -0.2) is 75.8 Å². The molecular weight excluding hydrogens is 346 g/mol. The number of nitrogens with one attached hydrogen (secondary N) is 1. The van der Waals surface area contributed by atoms with Crippen molar-refractivity contribution in [3.63, 3.8) is 0 Å². The Labute approximate surface area is 160 Å². The van der Waals surface area contributed by atoms with E-state index in [-0.39, 0.29) is 41.4 Å². The van der Waals surface area contributed by atoms with Crippen LogP contribution in [0.2, 0.25) is 0 Å². The van der Waals surface area contributed by atoms with Gasteiger partial charge in [-0.1, -0.05) is 6.92 Å².